The number of benzene rings is 1. The first-order valence-corrected chi connectivity index (χ1v) is 6.18. The van der Waals surface area contributed by atoms with Crippen molar-refractivity contribution in [3.05, 3.63) is 56.8 Å². The highest BCUT2D eigenvalue weighted by molar-refractivity contribution is 9.10. The van der Waals surface area contributed by atoms with Gasteiger partial charge >= 0.3 is 0 Å². The Bertz CT molecular complexity index is 619. The standard InChI is InChI=1S/C12H10BrN3O3/c13-12-3-1-2-8(15-12)7-14-10-5-4-9(17)6-11(10)16(18)19/h1-6,14,17H,7H2. The van der Waals surface area contributed by atoms with E-state index in [1.807, 2.05) is 12.1 Å². The predicted molar refractivity (Wildman–Crippen MR) is 74.0 cm³/mol. The van der Waals surface area contributed by atoms with Crippen molar-refractivity contribution in [2.45, 2.75) is 6.54 Å². The fourth-order valence-corrected chi connectivity index (χ4v) is 1.94. The Kier molecular flexibility index (Phi) is 3.96. The van der Waals surface area contributed by atoms with Crippen LogP contribution in [0.2, 0.25) is 0 Å². The number of phenolic OH excluding ortho intramolecular Hbond substituents is 1. The largest absolute Gasteiger partial charge is 0.508 e. The SMILES string of the molecule is O=[N+]([O-])c1cc(O)ccc1NCc1cccc(Br)n1. The van der Waals surface area contributed by atoms with E-state index in [1.165, 1.54) is 12.1 Å². The average Bonchev–Trinajstić information content (AvgIpc) is 2.37. The van der Waals surface area contributed by atoms with Crippen LogP contribution in [0.25, 0.3) is 0 Å². The first kappa shape index (κ1) is 13.3. The van der Waals surface area contributed by atoms with Crippen LogP contribution in [0.15, 0.2) is 41.0 Å². The van der Waals surface area contributed by atoms with E-state index in [-0.39, 0.29) is 11.4 Å². The van der Waals surface area contributed by atoms with Gasteiger partial charge in [0, 0.05) is 0 Å². The Morgan fingerprint density at radius 2 is 2.16 bits per heavy atom. The molecule has 0 unspecified atom stereocenters. The summed E-state index contributed by atoms with van der Waals surface area (Å²) in [6, 6.07) is 9.40. The molecule has 7 heteroatoms. The zero-order valence-electron chi connectivity index (χ0n) is 9.71. The van der Waals surface area contributed by atoms with Gasteiger partial charge in [-0.25, -0.2) is 4.98 Å². The maximum absolute atomic E-state index is 10.9. The van der Waals surface area contributed by atoms with Crippen LogP contribution in [0.3, 0.4) is 0 Å². The van der Waals surface area contributed by atoms with E-state index in [4.69, 9.17) is 0 Å². The lowest BCUT2D eigenvalue weighted by Gasteiger charge is -2.07. The van der Waals surface area contributed by atoms with Crippen LogP contribution in [0.5, 0.6) is 5.75 Å². The Hall–Kier alpha value is -2.15. The average molecular weight is 324 g/mol. The molecule has 0 atom stereocenters. The number of nitro benzene ring substituents is 1. The number of anilines is 1. The van der Waals surface area contributed by atoms with E-state index in [9.17, 15) is 15.2 Å². The van der Waals surface area contributed by atoms with Crippen molar-refractivity contribution in [1.82, 2.24) is 4.98 Å². The van der Waals surface area contributed by atoms with Gasteiger partial charge in [0.2, 0.25) is 0 Å². The van der Waals surface area contributed by atoms with E-state index in [0.717, 1.165) is 11.8 Å². The Morgan fingerprint density at radius 3 is 2.84 bits per heavy atom. The van der Waals surface area contributed by atoms with Crippen LogP contribution in [0.1, 0.15) is 5.69 Å². The quantitative estimate of drug-likeness (QED) is 0.390. The topological polar surface area (TPSA) is 88.3 Å². The second-order valence-electron chi connectivity index (χ2n) is 3.76. The molecule has 0 saturated carbocycles. The van der Waals surface area contributed by atoms with E-state index >= 15 is 0 Å². The van der Waals surface area contributed by atoms with Gasteiger partial charge in [-0.2, -0.15) is 0 Å². The summed E-state index contributed by atoms with van der Waals surface area (Å²) in [5.41, 5.74) is 0.913. The number of hydrogen-bond donors (Lipinski definition) is 2. The third kappa shape index (κ3) is 3.41. The minimum atomic E-state index is -0.545. The zero-order valence-corrected chi connectivity index (χ0v) is 11.3. The number of halogens is 1. The summed E-state index contributed by atoms with van der Waals surface area (Å²) >= 11 is 3.26. The zero-order chi connectivity index (χ0) is 13.8. The van der Waals surface area contributed by atoms with E-state index in [1.54, 1.807) is 6.07 Å². The molecular weight excluding hydrogens is 314 g/mol. The van der Waals surface area contributed by atoms with Crippen molar-refractivity contribution >= 4 is 27.3 Å². The van der Waals surface area contributed by atoms with Crippen LogP contribution < -0.4 is 5.32 Å². The summed E-state index contributed by atoms with van der Waals surface area (Å²) < 4.78 is 0.701. The minimum absolute atomic E-state index is 0.141. The molecule has 1 aromatic heterocycles. The lowest BCUT2D eigenvalue weighted by Crippen LogP contribution is -2.04. The highest BCUT2D eigenvalue weighted by Gasteiger charge is 2.14. The number of aromatic nitrogens is 1. The number of pyridine rings is 1. The van der Waals surface area contributed by atoms with Gasteiger partial charge in [-0.3, -0.25) is 10.1 Å². The number of nitro groups is 1. The number of phenols is 1. The van der Waals surface area contributed by atoms with E-state index < -0.39 is 4.92 Å². The second-order valence-corrected chi connectivity index (χ2v) is 4.58. The second kappa shape index (κ2) is 5.66. The maximum Gasteiger partial charge on any atom is 0.296 e. The number of nitrogens with zero attached hydrogens (tertiary/aromatic N) is 2. The van der Waals surface area contributed by atoms with Crippen molar-refractivity contribution < 1.29 is 10.0 Å². The van der Waals surface area contributed by atoms with Crippen LogP contribution in [-0.4, -0.2) is 15.0 Å². The minimum Gasteiger partial charge on any atom is -0.508 e. The highest BCUT2D eigenvalue weighted by atomic mass is 79.9. The van der Waals surface area contributed by atoms with Crippen molar-refractivity contribution in [3.63, 3.8) is 0 Å². The Morgan fingerprint density at radius 1 is 1.37 bits per heavy atom. The molecule has 1 heterocycles. The number of nitrogens with one attached hydrogen (secondary N) is 1. The monoisotopic (exact) mass is 323 g/mol. The highest BCUT2D eigenvalue weighted by Crippen LogP contribution is 2.28. The Labute approximate surface area is 117 Å². The first-order chi connectivity index (χ1) is 9.06. The van der Waals surface area contributed by atoms with Crippen molar-refractivity contribution in [1.29, 1.82) is 0 Å². The van der Waals surface area contributed by atoms with E-state index in [0.29, 0.717) is 16.8 Å². The Balaban J connectivity index is 2.17. The van der Waals surface area contributed by atoms with Crippen LogP contribution in [0, 0.1) is 10.1 Å². The lowest BCUT2D eigenvalue weighted by atomic mass is 10.2. The van der Waals surface area contributed by atoms with Crippen LogP contribution in [-0.2, 0) is 6.54 Å². The molecule has 2 aromatic rings. The summed E-state index contributed by atoms with van der Waals surface area (Å²) in [5, 5.41) is 23.1. The van der Waals surface area contributed by atoms with Crippen LogP contribution >= 0.6 is 15.9 Å². The molecule has 2 rings (SSSR count). The van der Waals surface area contributed by atoms with Gasteiger partial charge in [-0.05, 0) is 40.2 Å². The molecule has 2 N–H and O–H groups in total. The fourth-order valence-electron chi connectivity index (χ4n) is 1.56. The third-order valence-corrected chi connectivity index (χ3v) is 2.85. The molecule has 0 amide bonds. The number of hydrogen-bond acceptors (Lipinski definition) is 5. The molecule has 0 bridgehead atoms. The van der Waals surface area contributed by atoms with Gasteiger partial charge in [0.25, 0.3) is 5.69 Å². The van der Waals surface area contributed by atoms with E-state index in [2.05, 4.69) is 26.2 Å². The summed E-state index contributed by atoms with van der Waals surface area (Å²) in [6.45, 7) is 0.352. The maximum atomic E-state index is 10.9. The lowest BCUT2D eigenvalue weighted by molar-refractivity contribution is -0.384. The van der Waals surface area contributed by atoms with Gasteiger partial charge < -0.3 is 10.4 Å². The molecule has 6 nitrogen and oxygen atoms in total. The molecule has 98 valence electrons. The van der Waals surface area contributed by atoms with Gasteiger partial charge in [-0.1, -0.05) is 6.07 Å². The normalized spacial score (nSPS) is 10.2. The fraction of sp³-hybridized carbons (Fsp3) is 0.0833. The molecule has 0 fully saturated rings. The van der Waals surface area contributed by atoms with Crippen molar-refractivity contribution in [3.8, 4) is 5.75 Å². The van der Waals surface area contributed by atoms with Crippen molar-refractivity contribution in [2.24, 2.45) is 0 Å². The summed E-state index contributed by atoms with van der Waals surface area (Å²) in [4.78, 5) is 14.5. The van der Waals surface area contributed by atoms with Gasteiger partial charge in [0.1, 0.15) is 16.0 Å². The molecule has 1 aromatic carbocycles. The van der Waals surface area contributed by atoms with Gasteiger partial charge in [0.15, 0.2) is 0 Å². The molecular formula is C12H10BrN3O3. The molecule has 0 aliphatic rings. The molecule has 0 saturated heterocycles. The van der Waals surface area contributed by atoms with Crippen molar-refractivity contribution in [2.75, 3.05) is 5.32 Å². The summed E-state index contributed by atoms with van der Waals surface area (Å²) in [5.74, 6) is -0.141. The van der Waals surface area contributed by atoms with Gasteiger partial charge in [-0.15, -0.1) is 0 Å². The van der Waals surface area contributed by atoms with Crippen LogP contribution in [0.4, 0.5) is 11.4 Å². The number of rotatable bonds is 4. The smallest absolute Gasteiger partial charge is 0.296 e. The molecule has 0 radical (unpaired) electrons. The summed E-state index contributed by atoms with van der Waals surface area (Å²) in [7, 11) is 0. The summed E-state index contributed by atoms with van der Waals surface area (Å²) in [6.07, 6.45) is 0. The molecule has 0 aliphatic heterocycles. The van der Waals surface area contributed by atoms with Gasteiger partial charge in [0.05, 0.1) is 23.2 Å². The molecule has 0 spiro atoms. The number of aromatic hydroxyl groups is 1. The first-order valence-electron chi connectivity index (χ1n) is 5.39. The predicted octanol–water partition coefficient (Wildman–Crippen LogP) is 3.07. The molecule has 19 heavy (non-hydrogen) atoms. The molecule has 0 aliphatic carbocycles. The third-order valence-electron chi connectivity index (χ3n) is 2.41.